The van der Waals surface area contributed by atoms with E-state index in [1.165, 1.54) is 0 Å². The Morgan fingerprint density at radius 2 is 2.00 bits per heavy atom. The van der Waals surface area contributed by atoms with Crippen molar-refractivity contribution in [3.63, 3.8) is 0 Å². The van der Waals surface area contributed by atoms with Gasteiger partial charge in [0.1, 0.15) is 0 Å². The van der Waals surface area contributed by atoms with Crippen LogP contribution >= 0.6 is 0 Å². The van der Waals surface area contributed by atoms with Crippen LogP contribution in [0.3, 0.4) is 0 Å². The maximum Gasteiger partial charge on any atom is 0.319 e. The molecule has 1 heterocycles. The SMILES string of the molecule is CCC1CN(C(=O)N(CC)CC)CCC1NC. The molecule has 100 valence electrons. The minimum absolute atomic E-state index is 0.211. The zero-order chi connectivity index (χ0) is 12.8. The third-order valence-electron chi connectivity index (χ3n) is 3.93. The van der Waals surface area contributed by atoms with Crippen LogP contribution in [0.2, 0.25) is 0 Å². The lowest BCUT2D eigenvalue weighted by Crippen LogP contribution is -2.53. The molecule has 1 N–H and O–H groups in total. The highest BCUT2D eigenvalue weighted by Crippen LogP contribution is 2.20. The molecule has 1 saturated heterocycles. The van der Waals surface area contributed by atoms with Gasteiger partial charge in [-0.05, 0) is 33.2 Å². The van der Waals surface area contributed by atoms with Crippen LogP contribution in [-0.2, 0) is 0 Å². The molecule has 17 heavy (non-hydrogen) atoms. The molecule has 0 radical (unpaired) electrons. The number of hydrogen-bond donors (Lipinski definition) is 1. The maximum absolute atomic E-state index is 12.2. The van der Waals surface area contributed by atoms with Gasteiger partial charge in [-0.1, -0.05) is 13.3 Å². The average molecular weight is 241 g/mol. The van der Waals surface area contributed by atoms with Gasteiger partial charge in [0.15, 0.2) is 0 Å². The summed E-state index contributed by atoms with van der Waals surface area (Å²) in [6.07, 6.45) is 2.20. The van der Waals surface area contributed by atoms with Gasteiger partial charge < -0.3 is 15.1 Å². The fraction of sp³-hybridized carbons (Fsp3) is 0.923. The highest BCUT2D eigenvalue weighted by Gasteiger charge is 2.30. The zero-order valence-electron chi connectivity index (χ0n) is 11.7. The van der Waals surface area contributed by atoms with Crippen LogP contribution < -0.4 is 5.32 Å². The van der Waals surface area contributed by atoms with E-state index in [-0.39, 0.29) is 6.03 Å². The van der Waals surface area contributed by atoms with Gasteiger partial charge in [-0.2, -0.15) is 0 Å². The van der Waals surface area contributed by atoms with Crippen LogP contribution in [0.25, 0.3) is 0 Å². The predicted octanol–water partition coefficient (Wildman–Crippen LogP) is 1.77. The predicted molar refractivity (Wildman–Crippen MR) is 71.1 cm³/mol. The van der Waals surface area contributed by atoms with Crippen molar-refractivity contribution < 1.29 is 4.79 Å². The molecule has 0 aromatic heterocycles. The quantitative estimate of drug-likeness (QED) is 0.814. The van der Waals surface area contributed by atoms with Crippen molar-refractivity contribution in [2.24, 2.45) is 5.92 Å². The number of nitrogens with zero attached hydrogens (tertiary/aromatic N) is 2. The molecule has 2 amide bonds. The van der Waals surface area contributed by atoms with Crippen LogP contribution in [0, 0.1) is 5.92 Å². The molecular weight excluding hydrogens is 214 g/mol. The first-order valence-electron chi connectivity index (χ1n) is 6.88. The summed E-state index contributed by atoms with van der Waals surface area (Å²) < 4.78 is 0. The molecule has 0 aromatic carbocycles. The number of piperidine rings is 1. The summed E-state index contributed by atoms with van der Waals surface area (Å²) in [5, 5.41) is 3.37. The highest BCUT2D eigenvalue weighted by molar-refractivity contribution is 5.74. The third kappa shape index (κ3) is 3.35. The van der Waals surface area contributed by atoms with E-state index in [0.717, 1.165) is 39.0 Å². The molecule has 0 spiro atoms. The van der Waals surface area contributed by atoms with E-state index in [9.17, 15) is 4.79 Å². The fourth-order valence-corrected chi connectivity index (χ4v) is 2.69. The Balaban J connectivity index is 2.59. The van der Waals surface area contributed by atoms with E-state index in [2.05, 4.69) is 12.2 Å². The normalized spacial score (nSPS) is 24.8. The van der Waals surface area contributed by atoms with Gasteiger partial charge in [0, 0.05) is 32.2 Å². The summed E-state index contributed by atoms with van der Waals surface area (Å²) in [6.45, 7) is 9.68. The monoisotopic (exact) mass is 241 g/mol. The molecular formula is C13H27N3O. The Hall–Kier alpha value is -0.770. The molecule has 1 fully saturated rings. The maximum atomic E-state index is 12.2. The van der Waals surface area contributed by atoms with Gasteiger partial charge in [0.2, 0.25) is 0 Å². The van der Waals surface area contributed by atoms with Crippen LogP contribution in [-0.4, -0.2) is 55.1 Å². The number of likely N-dealkylation sites (tertiary alicyclic amines) is 1. The largest absolute Gasteiger partial charge is 0.325 e. The molecule has 0 bridgehead atoms. The van der Waals surface area contributed by atoms with Crippen molar-refractivity contribution in [1.82, 2.24) is 15.1 Å². The summed E-state index contributed by atoms with van der Waals surface area (Å²) >= 11 is 0. The van der Waals surface area contributed by atoms with Crippen molar-refractivity contribution in [2.75, 3.05) is 33.2 Å². The average Bonchev–Trinajstić information content (AvgIpc) is 2.39. The van der Waals surface area contributed by atoms with E-state index in [0.29, 0.717) is 12.0 Å². The van der Waals surface area contributed by atoms with Gasteiger partial charge in [-0.15, -0.1) is 0 Å². The molecule has 0 aromatic rings. The standard InChI is InChI=1S/C13H27N3O/c1-5-11-10-16(9-8-12(11)14-4)13(17)15(6-2)7-3/h11-12,14H,5-10H2,1-4H3. The van der Waals surface area contributed by atoms with Crippen molar-refractivity contribution in [1.29, 1.82) is 0 Å². The summed E-state index contributed by atoms with van der Waals surface area (Å²) in [4.78, 5) is 16.2. The summed E-state index contributed by atoms with van der Waals surface area (Å²) in [6, 6.07) is 0.781. The first-order chi connectivity index (χ1) is 8.17. The molecule has 1 aliphatic rings. The number of amides is 2. The number of urea groups is 1. The van der Waals surface area contributed by atoms with Gasteiger partial charge >= 0.3 is 6.03 Å². The molecule has 1 aliphatic heterocycles. The van der Waals surface area contributed by atoms with E-state index in [1.54, 1.807) is 0 Å². The van der Waals surface area contributed by atoms with Gasteiger partial charge in [-0.3, -0.25) is 0 Å². The number of carbonyl (C=O) groups is 1. The molecule has 4 nitrogen and oxygen atoms in total. The van der Waals surface area contributed by atoms with Crippen LogP contribution in [0.15, 0.2) is 0 Å². The lowest BCUT2D eigenvalue weighted by molar-refractivity contribution is 0.117. The topological polar surface area (TPSA) is 35.6 Å². The number of nitrogens with one attached hydrogen (secondary N) is 1. The van der Waals surface area contributed by atoms with Gasteiger partial charge in [0.25, 0.3) is 0 Å². The molecule has 1 rings (SSSR count). The van der Waals surface area contributed by atoms with E-state index >= 15 is 0 Å². The van der Waals surface area contributed by atoms with Crippen molar-refractivity contribution in [3.8, 4) is 0 Å². The first kappa shape index (κ1) is 14.3. The van der Waals surface area contributed by atoms with Gasteiger partial charge in [0.05, 0.1) is 0 Å². The first-order valence-corrected chi connectivity index (χ1v) is 6.88. The van der Waals surface area contributed by atoms with Crippen molar-refractivity contribution in [2.45, 2.75) is 39.7 Å². The molecule has 2 atom stereocenters. The Morgan fingerprint density at radius 3 is 2.47 bits per heavy atom. The van der Waals surface area contributed by atoms with Crippen LogP contribution in [0.5, 0.6) is 0 Å². The molecule has 4 heteroatoms. The van der Waals surface area contributed by atoms with E-state index < -0.39 is 0 Å². The summed E-state index contributed by atoms with van der Waals surface area (Å²) in [5.41, 5.74) is 0. The van der Waals surface area contributed by atoms with Gasteiger partial charge in [-0.25, -0.2) is 4.79 Å². The second-order valence-corrected chi connectivity index (χ2v) is 4.75. The highest BCUT2D eigenvalue weighted by atomic mass is 16.2. The lowest BCUT2D eigenvalue weighted by atomic mass is 9.90. The summed E-state index contributed by atoms with van der Waals surface area (Å²) in [5.74, 6) is 0.591. The van der Waals surface area contributed by atoms with Crippen molar-refractivity contribution >= 4 is 6.03 Å². The number of hydrogen-bond acceptors (Lipinski definition) is 2. The zero-order valence-corrected chi connectivity index (χ0v) is 11.7. The third-order valence-corrected chi connectivity index (χ3v) is 3.93. The fourth-order valence-electron chi connectivity index (χ4n) is 2.69. The molecule has 0 aliphatic carbocycles. The Labute approximate surface area is 105 Å². The minimum atomic E-state index is 0.211. The second kappa shape index (κ2) is 6.84. The van der Waals surface area contributed by atoms with E-state index in [4.69, 9.17) is 0 Å². The Morgan fingerprint density at radius 1 is 1.35 bits per heavy atom. The van der Waals surface area contributed by atoms with Crippen LogP contribution in [0.1, 0.15) is 33.6 Å². The summed E-state index contributed by atoms with van der Waals surface area (Å²) in [7, 11) is 2.02. The second-order valence-electron chi connectivity index (χ2n) is 4.75. The van der Waals surface area contributed by atoms with Crippen LogP contribution in [0.4, 0.5) is 4.79 Å². The Bertz CT molecular complexity index is 241. The Kier molecular flexibility index (Phi) is 5.75. The minimum Gasteiger partial charge on any atom is -0.325 e. The van der Waals surface area contributed by atoms with E-state index in [1.807, 2.05) is 30.7 Å². The lowest BCUT2D eigenvalue weighted by Gasteiger charge is -2.40. The molecule has 0 saturated carbocycles. The van der Waals surface area contributed by atoms with Crippen molar-refractivity contribution in [3.05, 3.63) is 0 Å². The number of rotatable bonds is 4. The number of carbonyl (C=O) groups excluding carboxylic acids is 1. The molecule has 2 unspecified atom stereocenters. The smallest absolute Gasteiger partial charge is 0.319 e.